The number of carboxylic acids is 1. The van der Waals surface area contributed by atoms with Gasteiger partial charge in [0.2, 0.25) is 0 Å². The van der Waals surface area contributed by atoms with Crippen LogP contribution in [0, 0.1) is 5.82 Å². The van der Waals surface area contributed by atoms with Crippen molar-refractivity contribution in [2.75, 3.05) is 6.61 Å². The largest absolute Gasteiger partial charge is 0.478 e. The summed E-state index contributed by atoms with van der Waals surface area (Å²) in [6, 6.07) is 3.31. The first-order valence-electron chi connectivity index (χ1n) is 5.91. The van der Waals surface area contributed by atoms with Crippen molar-refractivity contribution in [2.24, 2.45) is 0 Å². The van der Waals surface area contributed by atoms with Gasteiger partial charge in [0.25, 0.3) is 0 Å². The third-order valence-corrected chi connectivity index (χ3v) is 2.62. The lowest BCUT2D eigenvalue weighted by Gasteiger charge is -2.19. The predicted octanol–water partition coefficient (Wildman–Crippen LogP) is 0.871. The SMILES string of the molecule is CCOC(=O)CC(O)C(O)c1cccc(F)c1C(=O)O. The van der Waals surface area contributed by atoms with E-state index in [0.29, 0.717) is 0 Å². The molecule has 0 heterocycles. The molecule has 0 aliphatic rings. The molecule has 0 fully saturated rings. The summed E-state index contributed by atoms with van der Waals surface area (Å²) in [5, 5.41) is 28.5. The molecule has 1 aromatic rings. The van der Waals surface area contributed by atoms with Crippen molar-refractivity contribution in [3.63, 3.8) is 0 Å². The topological polar surface area (TPSA) is 104 Å². The van der Waals surface area contributed by atoms with Gasteiger partial charge < -0.3 is 20.1 Å². The minimum Gasteiger partial charge on any atom is -0.478 e. The van der Waals surface area contributed by atoms with Crippen molar-refractivity contribution in [1.29, 1.82) is 0 Å². The molecule has 0 aliphatic heterocycles. The molecule has 6 nitrogen and oxygen atoms in total. The number of rotatable bonds is 6. The van der Waals surface area contributed by atoms with Crippen LogP contribution in [0.5, 0.6) is 0 Å². The van der Waals surface area contributed by atoms with E-state index in [-0.39, 0.29) is 12.2 Å². The summed E-state index contributed by atoms with van der Waals surface area (Å²) in [6.07, 6.45) is -3.82. The Labute approximate surface area is 114 Å². The zero-order valence-electron chi connectivity index (χ0n) is 10.7. The van der Waals surface area contributed by atoms with Crippen LogP contribution in [0.4, 0.5) is 4.39 Å². The average Bonchev–Trinajstić information content (AvgIpc) is 2.37. The van der Waals surface area contributed by atoms with E-state index < -0.39 is 41.9 Å². The molecular formula is C13H15FO6. The number of carbonyl (C=O) groups excluding carboxylic acids is 1. The molecule has 0 radical (unpaired) electrons. The molecule has 0 saturated heterocycles. The number of carboxylic acid groups (broad SMARTS) is 1. The van der Waals surface area contributed by atoms with Crippen molar-refractivity contribution in [3.8, 4) is 0 Å². The molecule has 1 aromatic carbocycles. The highest BCUT2D eigenvalue weighted by Crippen LogP contribution is 2.25. The summed E-state index contributed by atoms with van der Waals surface area (Å²) in [7, 11) is 0. The third kappa shape index (κ3) is 3.75. The van der Waals surface area contributed by atoms with E-state index in [1.54, 1.807) is 6.92 Å². The number of hydrogen-bond donors (Lipinski definition) is 3. The zero-order chi connectivity index (χ0) is 15.3. The second-order valence-corrected chi connectivity index (χ2v) is 4.03. The van der Waals surface area contributed by atoms with Gasteiger partial charge in [-0.3, -0.25) is 4.79 Å². The van der Waals surface area contributed by atoms with Gasteiger partial charge in [-0.05, 0) is 13.0 Å². The lowest BCUT2D eigenvalue weighted by molar-refractivity contribution is -0.147. The molecule has 20 heavy (non-hydrogen) atoms. The summed E-state index contributed by atoms with van der Waals surface area (Å²) in [6.45, 7) is 1.69. The van der Waals surface area contributed by atoms with Gasteiger partial charge in [0, 0.05) is 5.56 Å². The van der Waals surface area contributed by atoms with Crippen molar-refractivity contribution < 1.29 is 34.0 Å². The van der Waals surface area contributed by atoms with Gasteiger partial charge in [-0.15, -0.1) is 0 Å². The highest BCUT2D eigenvalue weighted by molar-refractivity contribution is 5.90. The van der Waals surface area contributed by atoms with E-state index in [2.05, 4.69) is 4.74 Å². The van der Waals surface area contributed by atoms with Gasteiger partial charge in [-0.25, -0.2) is 9.18 Å². The summed E-state index contributed by atoms with van der Waals surface area (Å²) in [5.74, 6) is -3.34. The number of ether oxygens (including phenoxy) is 1. The van der Waals surface area contributed by atoms with Gasteiger partial charge in [-0.2, -0.15) is 0 Å². The Bertz CT molecular complexity index is 502. The van der Waals surface area contributed by atoms with Crippen molar-refractivity contribution >= 4 is 11.9 Å². The Morgan fingerprint density at radius 3 is 2.55 bits per heavy atom. The molecule has 0 amide bonds. The lowest BCUT2D eigenvalue weighted by Crippen LogP contribution is -2.25. The van der Waals surface area contributed by atoms with Gasteiger partial charge in [0.15, 0.2) is 0 Å². The van der Waals surface area contributed by atoms with Crippen molar-refractivity contribution in [1.82, 2.24) is 0 Å². The summed E-state index contributed by atoms with van der Waals surface area (Å²) >= 11 is 0. The molecule has 0 bridgehead atoms. The number of hydrogen-bond acceptors (Lipinski definition) is 5. The third-order valence-electron chi connectivity index (χ3n) is 2.62. The van der Waals surface area contributed by atoms with E-state index >= 15 is 0 Å². The van der Waals surface area contributed by atoms with E-state index in [9.17, 15) is 24.2 Å². The molecule has 110 valence electrons. The van der Waals surface area contributed by atoms with Crippen LogP contribution in [0.3, 0.4) is 0 Å². The fourth-order valence-electron chi connectivity index (χ4n) is 1.72. The predicted molar refractivity (Wildman–Crippen MR) is 65.6 cm³/mol. The highest BCUT2D eigenvalue weighted by Gasteiger charge is 2.27. The molecular weight excluding hydrogens is 271 g/mol. The molecule has 7 heteroatoms. The van der Waals surface area contributed by atoms with E-state index in [1.807, 2.05) is 0 Å². The maximum absolute atomic E-state index is 13.4. The minimum atomic E-state index is -1.71. The van der Waals surface area contributed by atoms with E-state index in [0.717, 1.165) is 6.07 Å². The number of esters is 1. The molecule has 2 unspecified atom stereocenters. The Balaban J connectivity index is 2.97. The van der Waals surface area contributed by atoms with E-state index in [1.165, 1.54) is 12.1 Å². The van der Waals surface area contributed by atoms with Gasteiger partial charge in [0.05, 0.1) is 19.1 Å². The van der Waals surface area contributed by atoms with Crippen LogP contribution in [-0.2, 0) is 9.53 Å². The molecule has 0 aliphatic carbocycles. The Morgan fingerprint density at radius 2 is 2.00 bits per heavy atom. The number of aliphatic hydroxyl groups excluding tert-OH is 2. The van der Waals surface area contributed by atoms with Crippen LogP contribution < -0.4 is 0 Å². The fourth-order valence-corrected chi connectivity index (χ4v) is 1.72. The first kappa shape index (κ1) is 16.1. The molecule has 3 N–H and O–H groups in total. The maximum Gasteiger partial charge on any atom is 0.339 e. The number of aliphatic hydroxyl groups is 2. The van der Waals surface area contributed by atoms with E-state index in [4.69, 9.17) is 5.11 Å². The number of aromatic carboxylic acids is 1. The first-order chi connectivity index (χ1) is 9.38. The summed E-state index contributed by atoms with van der Waals surface area (Å²) in [5.41, 5.74) is -1.03. The minimum absolute atomic E-state index is 0.113. The maximum atomic E-state index is 13.4. The smallest absolute Gasteiger partial charge is 0.339 e. The van der Waals surface area contributed by atoms with Crippen LogP contribution in [0.25, 0.3) is 0 Å². The highest BCUT2D eigenvalue weighted by atomic mass is 19.1. The zero-order valence-corrected chi connectivity index (χ0v) is 10.7. The Kier molecular flexibility index (Phi) is 5.60. The fraction of sp³-hybridized carbons (Fsp3) is 0.385. The van der Waals surface area contributed by atoms with Gasteiger partial charge in [0.1, 0.15) is 17.5 Å². The second-order valence-electron chi connectivity index (χ2n) is 4.03. The lowest BCUT2D eigenvalue weighted by atomic mass is 9.96. The number of carbonyl (C=O) groups is 2. The normalized spacial score (nSPS) is 13.6. The molecule has 0 spiro atoms. The molecule has 1 rings (SSSR count). The van der Waals surface area contributed by atoms with Gasteiger partial charge in [-0.1, -0.05) is 12.1 Å². The van der Waals surface area contributed by atoms with Crippen molar-refractivity contribution in [2.45, 2.75) is 25.6 Å². The molecule has 0 saturated carbocycles. The van der Waals surface area contributed by atoms with Crippen LogP contribution in [0.1, 0.15) is 35.4 Å². The van der Waals surface area contributed by atoms with Gasteiger partial charge >= 0.3 is 11.9 Å². The second kappa shape index (κ2) is 6.97. The summed E-state index contributed by atoms with van der Waals surface area (Å²) in [4.78, 5) is 22.2. The van der Waals surface area contributed by atoms with Crippen LogP contribution in [-0.4, -0.2) is 40.0 Å². The molecule has 2 atom stereocenters. The van der Waals surface area contributed by atoms with Crippen molar-refractivity contribution in [3.05, 3.63) is 35.1 Å². The standard InChI is InChI=1S/C13H15FO6/c1-2-20-10(16)6-9(15)12(17)7-4-3-5-8(14)11(7)13(18)19/h3-5,9,12,15,17H,2,6H2,1H3,(H,18,19). The average molecular weight is 286 g/mol. The summed E-state index contributed by atoms with van der Waals surface area (Å²) < 4.78 is 18.0. The Morgan fingerprint density at radius 1 is 1.35 bits per heavy atom. The van der Waals surface area contributed by atoms with Crippen LogP contribution in [0.2, 0.25) is 0 Å². The Hall–Kier alpha value is -1.99. The number of halogens is 1. The quantitative estimate of drug-likeness (QED) is 0.670. The molecule has 0 aromatic heterocycles. The van der Waals surface area contributed by atoms with Crippen LogP contribution in [0.15, 0.2) is 18.2 Å². The monoisotopic (exact) mass is 286 g/mol. The first-order valence-corrected chi connectivity index (χ1v) is 5.91. The van der Waals surface area contributed by atoms with Crippen LogP contribution >= 0.6 is 0 Å². The number of benzene rings is 1.